The summed E-state index contributed by atoms with van der Waals surface area (Å²) in [6.45, 7) is 19.4. The van der Waals surface area contributed by atoms with Crippen LogP contribution in [0.1, 0.15) is 79.9 Å². The number of aromatic amines is 1. The molecule has 2 saturated heterocycles. The molecule has 3 aromatic rings. The fourth-order valence-electron chi connectivity index (χ4n) is 7.50. The molecule has 3 N–H and O–H groups in total. The number of hydrogen-bond acceptors (Lipinski definition) is 10. The number of hydrogen-bond donors (Lipinski definition) is 3. The molecule has 3 aliphatic heterocycles. The molecule has 2 aromatic carbocycles. The minimum absolute atomic E-state index is 0.279. The third-order valence-corrected chi connectivity index (χ3v) is 21.4. The van der Waals surface area contributed by atoms with Crippen molar-refractivity contribution >= 4 is 41.1 Å². The SMILES string of the molecule is C1CCC2=NCCCN2CC1.CC(C)(C)[Si](C)(C)O[C@H]1[C@H](n2ccc(=O)[nH]c2=O)O[C@H](CO[Si](c2ccccc2)(c2ccccc2)C(C)(C)C)[C@]1(O)O[P+](=O)O. The molecule has 306 valence electrons. The third-order valence-electron chi connectivity index (χ3n) is 11.5. The highest BCUT2D eigenvalue weighted by atomic mass is 31.1. The predicted molar refractivity (Wildman–Crippen MR) is 224 cm³/mol. The van der Waals surface area contributed by atoms with Crippen LogP contribution in [0.4, 0.5) is 0 Å². The smallest absolute Gasteiger partial charge is 0.405 e. The summed E-state index contributed by atoms with van der Waals surface area (Å²) in [7, 11) is -9.29. The summed E-state index contributed by atoms with van der Waals surface area (Å²) >= 11 is 0. The molecule has 3 aliphatic rings. The van der Waals surface area contributed by atoms with E-state index >= 15 is 0 Å². The maximum Gasteiger partial charge on any atom is 0.697 e. The van der Waals surface area contributed by atoms with Crippen LogP contribution in [0.25, 0.3) is 0 Å². The van der Waals surface area contributed by atoms with Crippen molar-refractivity contribution in [3.8, 4) is 0 Å². The summed E-state index contributed by atoms with van der Waals surface area (Å²) < 4.78 is 38.8. The Morgan fingerprint density at radius 3 is 2.07 bits per heavy atom. The van der Waals surface area contributed by atoms with Gasteiger partial charge >= 0.3 is 13.9 Å². The minimum Gasteiger partial charge on any atom is -0.405 e. The number of nitrogens with one attached hydrogen (secondary N) is 1. The zero-order valence-electron chi connectivity index (χ0n) is 34.1. The first-order chi connectivity index (χ1) is 26.3. The Morgan fingerprint density at radius 1 is 0.911 bits per heavy atom. The molecule has 16 heteroatoms. The fourth-order valence-corrected chi connectivity index (χ4v) is 13.8. The Kier molecular flexibility index (Phi) is 14.0. The molecule has 1 aromatic heterocycles. The largest absolute Gasteiger partial charge is 0.697 e. The number of fused-ring (bicyclic) bond motifs is 1. The Bertz CT molecular complexity index is 1890. The van der Waals surface area contributed by atoms with E-state index in [-0.39, 0.29) is 11.6 Å². The van der Waals surface area contributed by atoms with Crippen LogP contribution in [0.15, 0.2) is 87.5 Å². The number of aromatic nitrogens is 2. The van der Waals surface area contributed by atoms with Crippen LogP contribution in [-0.2, 0) is 22.7 Å². The lowest BCUT2D eigenvalue weighted by atomic mass is 10.1. The lowest BCUT2D eigenvalue weighted by molar-refractivity contribution is -0.212. The van der Waals surface area contributed by atoms with Crippen molar-refractivity contribution in [3.63, 3.8) is 0 Å². The van der Waals surface area contributed by atoms with E-state index in [1.54, 1.807) is 0 Å². The van der Waals surface area contributed by atoms with Crippen molar-refractivity contribution in [1.82, 2.24) is 14.5 Å². The van der Waals surface area contributed by atoms with Crippen LogP contribution in [-0.4, -0.2) is 91.2 Å². The number of rotatable bonds is 10. The summed E-state index contributed by atoms with van der Waals surface area (Å²) in [5.41, 5.74) is -1.42. The lowest BCUT2D eigenvalue weighted by Crippen LogP contribution is -2.67. The van der Waals surface area contributed by atoms with Gasteiger partial charge < -0.3 is 23.6 Å². The highest BCUT2D eigenvalue weighted by Crippen LogP contribution is 2.48. The van der Waals surface area contributed by atoms with E-state index in [1.807, 2.05) is 94.5 Å². The van der Waals surface area contributed by atoms with Gasteiger partial charge in [0.05, 0.1) is 12.4 Å². The van der Waals surface area contributed by atoms with Crippen molar-refractivity contribution in [3.05, 3.63) is 93.8 Å². The molecule has 13 nitrogen and oxygen atoms in total. The van der Waals surface area contributed by atoms with Crippen molar-refractivity contribution in [2.24, 2.45) is 4.99 Å². The number of H-pyrrole nitrogens is 1. The van der Waals surface area contributed by atoms with Gasteiger partial charge in [-0.1, -0.05) is 113 Å². The highest BCUT2D eigenvalue weighted by Gasteiger charge is 2.66. The Morgan fingerprint density at radius 2 is 1.52 bits per heavy atom. The molecule has 2 fully saturated rings. The number of amidine groups is 1. The number of benzene rings is 2. The monoisotopic (exact) mass is 827 g/mol. The van der Waals surface area contributed by atoms with E-state index in [9.17, 15) is 24.2 Å². The molecule has 5 atom stereocenters. The molecule has 56 heavy (non-hydrogen) atoms. The van der Waals surface area contributed by atoms with Gasteiger partial charge in [-0.2, -0.15) is 0 Å². The topological polar surface area (TPSA) is 165 Å². The van der Waals surface area contributed by atoms with Crippen molar-refractivity contribution in [2.75, 3.05) is 26.2 Å². The van der Waals surface area contributed by atoms with E-state index in [0.29, 0.717) is 0 Å². The maximum absolute atomic E-state index is 13.0. The standard InChI is InChI=1S/C31H43N2O9PSi2.C9H16N2/c1-29(2,3)44(7,8)41-26-27(33-20-19-25(34)32-28(33)35)40-24(31(26,36)42-43(37)38)21-39-45(30(4,5)6,22-15-11-9-12-16-22)23-17-13-10-14-18-23;1-2-5-9-10-6-4-8-11(9)7-3-1/h9-20,24,26-27,36H,21H2,1-8H3,(H-,32,34,35,37,38);1-8H2/p+1/t24-,26+,27-,31+;/m1./s1. The highest BCUT2D eigenvalue weighted by molar-refractivity contribution is 7.32. The van der Waals surface area contributed by atoms with Gasteiger partial charge in [0.15, 0.2) is 20.6 Å². The molecule has 0 spiro atoms. The number of ether oxygens (including phenoxy) is 1. The van der Waals surface area contributed by atoms with Gasteiger partial charge in [-0.15, -0.1) is 4.89 Å². The van der Waals surface area contributed by atoms with Crippen LogP contribution in [0.2, 0.25) is 23.2 Å². The first kappa shape index (κ1) is 44.0. The first-order valence-electron chi connectivity index (χ1n) is 19.6. The van der Waals surface area contributed by atoms with E-state index in [2.05, 4.69) is 35.6 Å². The van der Waals surface area contributed by atoms with Gasteiger partial charge in [0.25, 0.3) is 19.7 Å². The normalized spacial score (nSPS) is 23.7. The molecular formula is C40H60N4O9PSi2+. The predicted octanol–water partition coefficient (Wildman–Crippen LogP) is 5.42. The molecule has 1 unspecified atom stereocenters. The third kappa shape index (κ3) is 9.59. The van der Waals surface area contributed by atoms with Gasteiger partial charge in [0.1, 0.15) is 6.10 Å². The van der Waals surface area contributed by atoms with E-state index in [0.717, 1.165) is 27.6 Å². The van der Waals surface area contributed by atoms with Gasteiger partial charge in [-0.25, -0.2) is 4.79 Å². The quantitative estimate of drug-likeness (QED) is 0.137. The molecule has 0 saturated carbocycles. The Balaban J connectivity index is 0.000000463. The van der Waals surface area contributed by atoms with E-state index in [1.165, 1.54) is 57.2 Å². The van der Waals surface area contributed by atoms with Gasteiger partial charge in [-0.05, 0) is 52.8 Å². The van der Waals surface area contributed by atoms with Crippen LogP contribution < -0.4 is 21.6 Å². The van der Waals surface area contributed by atoms with Gasteiger partial charge in [0.2, 0.25) is 0 Å². The van der Waals surface area contributed by atoms with Crippen molar-refractivity contribution in [1.29, 1.82) is 0 Å². The summed E-state index contributed by atoms with van der Waals surface area (Å²) in [6.07, 6.45) is 3.70. The molecule has 0 radical (unpaired) electrons. The van der Waals surface area contributed by atoms with Crippen molar-refractivity contribution in [2.45, 2.75) is 121 Å². The maximum atomic E-state index is 13.0. The second-order valence-corrected chi connectivity index (χ2v) is 27.1. The Labute approximate surface area is 333 Å². The lowest BCUT2D eigenvalue weighted by Gasteiger charge is -2.44. The van der Waals surface area contributed by atoms with Crippen molar-refractivity contribution < 1.29 is 32.7 Å². The number of nitrogens with zero attached hydrogens (tertiary/aromatic N) is 3. The van der Waals surface area contributed by atoms with E-state index in [4.69, 9.17) is 18.1 Å². The zero-order valence-corrected chi connectivity index (χ0v) is 37.0. The van der Waals surface area contributed by atoms with Gasteiger partial charge in [-0.3, -0.25) is 19.3 Å². The number of aliphatic imine (C=N–C) groups is 1. The fraction of sp³-hybridized carbons (Fsp3) is 0.575. The van der Waals surface area contributed by atoms with Crippen LogP contribution in [0.5, 0.6) is 0 Å². The summed E-state index contributed by atoms with van der Waals surface area (Å²) in [4.78, 5) is 44.2. The average molecular weight is 828 g/mol. The second kappa shape index (κ2) is 17.8. The number of aliphatic hydroxyl groups is 1. The summed E-state index contributed by atoms with van der Waals surface area (Å²) in [6, 6.07) is 20.8. The van der Waals surface area contributed by atoms with Crippen LogP contribution >= 0.6 is 8.25 Å². The summed E-state index contributed by atoms with van der Waals surface area (Å²) in [5.74, 6) is -1.13. The summed E-state index contributed by atoms with van der Waals surface area (Å²) in [5, 5.41) is 13.4. The molecule has 0 bridgehead atoms. The second-order valence-electron chi connectivity index (χ2n) is 17.3. The molecular weight excluding hydrogens is 768 g/mol. The van der Waals surface area contributed by atoms with Gasteiger partial charge in [0, 0.05) is 42.9 Å². The zero-order chi connectivity index (χ0) is 40.9. The molecule has 4 heterocycles. The Hall–Kier alpha value is -3.12. The molecule has 0 amide bonds. The van der Waals surface area contributed by atoms with Crippen LogP contribution in [0, 0.1) is 0 Å². The van der Waals surface area contributed by atoms with Crippen LogP contribution in [0.3, 0.4) is 0 Å². The van der Waals surface area contributed by atoms with E-state index < -0.39 is 65.4 Å². The molecule has 6 rings (SSSR count). The molecule has 0 aliphatic carbocycles. The average Bonchev–Trinajstić information content (AvgIpc) is 3.25. The minimum atomic E-state index is -3.37. The first-order valence-corrected chi connectivity index (χ1v) is 25.5.